The van der Waals surface area contributed by atoms with Crippen molar-refractivity contribution in [2.45, 2.75) is 19.0 Å². The fourth-order valence-corrected chi connectivity index (χ4v) is 3.60. The van der Waals surface area contributed by atoms with Crippen LogP contribution in [0.4, 0.5) is 13.2 Å². The summed E-state index contributed by atoms with van der Waals surface area (Å²) in [5.41, 5.74) is -0.995. The summed E-state index contributed by atoms with van der Waals surface area (Å²) in [5.74, 6) is -1.07. The molecular formula is C20H19ClF3N3O2. The van der Waals surface area contributed by atoms with Crippen molar-refractivity contribution >= 4 is 23.4 Å². The Hall–Kier alpha value is -2.61. The van der Waals surface area contributed by atoms with Crippen LogP contribution < -0.4 is 5.32 Å². The van der Waals surface area contributed by atoms with Crippen LogP contribution in [0, 0.1) is 5.92 Å². The Morgan fingerprint density at radius 1 is 1.21 bits per heavy atom. The van der Waals surface area contributed by atoms with Gasteiger partial charge in [0.15, 0.2) is 0 Å². The van der Waals surface area contributed by atoms with Crippen molar-refractivity contribution in [2.75, 3.05) is 19.6 Å². The highest BCUT2D eigenvalue weighted by molar-refractivity contribution is 6.33. The smallest absolute Gasteiger partial charge is 0.352 e. The number of halogens is 4. The quantitative estimate of drug-likeness (QED) is 0.804. The third-order valence-corrected chi connectivity index (χ3v) is 5.14. The van der Waals surface area contributed by atoms with E-state index in [9.17, 15) is 22.8 Å². The van der Waals surface area contributed by atoms with Crippen LogP contribution in [0.2, 0.25) is 5.02 Å². The lowest BCUT2D eigenvalue weighted by molar-refractivity contribution is -0.138. The molecular weight excluding hydrogens is 407 g/mol. The van der Waals surface area contributed by atoms with Gasteiger partial charge in [0.05, 0.1) is 21.7 Å². The highest BCUT2D eigenvalue weighted by atomic mass is 35.5. The summed E-state index contributed by atoms with van der Waals surface area (Å²) in [6.45, 7) is 0.948. The van der Waals surface area contributed by atoms with Crippen molar-refractivity contribution in [1.82, 2.24) is 15.2 Å². The first-order chi connectivity index (χ1) is 13.8. The third-order valence-electron chi connectivity index (χ3n) is 4.84. The standard InChI is InChI=1S/C20H19ClF3N3O2/c21-17-11-25-8-7-15(17)18(28)26-10-13-4-3-9-27(12-13)19(29)14-5-1-2-6-16(14)20(22,23)24/h1-2,5-8,11,13H,3-4,9-10,12H2,(H,26,28)/t13-/m0/s1. The van der Waals surface area contributed by atoms with Gasteiger partial charge >= 0.3 is 6.18 Å². The summed E-state index contributed by atoms with van der Waals surface area (Å²) < 4.78 is 39.7. The zero-order chi connectivity index (χ0) is 21.0. The number of piperidine rings is 1. The first-order valence-corrected chi connectivity index (χ1v) is 9.48. The topological polar surface area (TPSA) is 62.3 Å². The van der Waals surface area contributed by atoms with Crippen molar-refractivity contribution < 1.29 is 22.8 Å². The van der Waals surface area contributed by atoms with Crippen LogP contribution in [0.1, 0.15) is 39.1 Å². The van der Waals surface area contributed by atoms with Gasteiger partial charge in [0.1, 0.15) is 0 Å². The van der Waals surface area contributed by atoms with Crippen LogP contribution in [0.5, 0.6) is 0 Å². The van der Waals surface area contributed by atoms with Crippen LogP contribution in [0.3, 0.4) is 0 Å². The van der Waals surface area contributed by atoms with Crippen LogP contribution in [0.15, 0.2) is 42.7 Å². The monoisotopic (exact) mass is 425 g/mol. The lowest BCUT2D eigenvalue weighted by Gasteiger charge is -2.33. The van der Waals surface area contributed by atoms with Crippen LogP contribution >= 0.6 is 11.6 Å². The van der Waals surface area contributed by atoms with Crippen LogP contribution in [-0.2, 0) is 6.18 Å². The number of amides is 2. The normalized spacial score (nSPS) is 17.1. The Morgan fingerprint density at radius 3 is 2.69 bits per heavy atom. The molecule has 5 nitrogen and oxygen atoms in total. The first-order valence-electron chi connectivity index (χ1n) is 9.10. The van der Waals surface area contributed by atoms with Gasteiger partial charge in [-0.15, -0.1) is 0 Å². The number of aromatic nitrogens is 1. The predicted octanol–water partition coefficient (Wildman–Crippen LogP) is 4.04. The van der Waals surface area contributed by atoms with Crippen molar-refractivity contribution in [3.63, 3.8) is 0 Å². The molecule has 1 saturated heterocycles. The molecule has 29 heavy (non-hydrogen) atoms. The van der Waals surface area contributed by atoms with Crippen LogP contribution in [-0.4, -0.2) is 41.3 Å². The van der Waals surface area contributed by atoms with Gasteiger partial charge in [-0.3, -0.25) is 14.6 Å². The first kappa shape index (κ1) is 21.1. The number of alkyl halides is 3. The van der Waals surface area contributed by atoms with Gasteiger partial charge in [0.25, 0.3) is 11.8 Å². The minimum atomic E-state index is -4.60. The van der Waals surface area contributed by atoms with Gasteiger partial charge in [-0.05, 0) is 37.0 Å². The minimum absolute atomic E-state index is 0.0599. The van der Waals surface area contributed by atoms with E-state index in [1.807, 2.05) is 0 Å². The molecule has 9 heteroatoms. The summed E-state index contributed by atoms with van der Waals surface area (Å²) >= 11 is 5.96. The maximum atomic E-state index is 13.2. The lowest BCUT2D eigenvalue weighted by atomic mass is 9.96. The van der Waals surface area contributed by atoms with E-state index in [1.54, 1.807) is 0 Å². The Morgan fingerprint density at radius 2 is 1.97 bits per heavy atom. The number of likely N-dealkylation sites (tertiary alicyclic amines) is 1. The van der Waals surface area contributed by atoms with Gasteiger partial charge in [0, 0.05) is 32.0 Å². The average molecular weight is 426 g/mol. The van der Waals surface area contributed by atoms with E-state index < -0.39 is 17.6 Å². The Balaban J connectivity index is 1.65. The number of benzene rings is 1. The highest BCUT2D eigenvalue weighted by Gasteiger charge is 2.36. The molecule has 0 radical (unpaired) electrons. The van der Waals surface area contributed by atoms with E-state index in [1.165, 1.54) is 41.6 Å². The number of carbonyl (C=O) groups excluding carboxylic acids is 2. The molecule has 1 atom stereocenters. The zero-order valence-corrected chi connectivity index (χ0v) is 16.1. The number of nitrogens with one attached hydrogen (secondary N) is 1. The molecule has 0 spiro atoms. The average Bonchev–Trinajstić information content (AvgIpc) is 2.71. The molecule has 3 rings (SSSR count). The second-order valence-electron chi connectivity index (χ2n) is 6.87. The molecule has 2 aromatic rings. The molecule has 2 heterocycles. The Labute approximate surface area is 170 Å². The number of carbonyl (C=O) groups is 2. The summed E-state index contributed by atoms with van der Waals surface area (Å²) in [7, 11) is 0. The van der Waals surface area contributed by atoms with Gasteiger partial charge in [0.2, 0.25) is 0 Å². The summed E-state index contributed by atoms with van der Waals surface area (Å²) in [6, 6.07) is 6.29. The van der Waals surface area contributed by atoms with E-state index >= 15 is 0 Å². The Bertz CT molecular complexity index is 905. The summed E-state index contributed by atoms with van der Waals surface area (Å²) in [6.07, 6.45) is -0.361. The van der Waals surface area contributed by atoms with Gasteiger partial charge in [-0.2, -0.15) is 13.2 Å². The maximum absolute atomic E-state index is 13.2. The lowest BCUT2D eigenvalue weighted by Crippen LogP contribution is -2.44. The molecule has 0 aliphatic carbocycles. The van der Waals surface area contributed by atoms with E-state index in [-0.39, 0.29) is 29.0 Å². The van der Waals surface area contributed by atoms with E-state index in [0.717, 1.165) is 12.5 Å². The number of pyridine rings is 1. The zero-order valence-electron chi connectivity index (χ0n) is 15.4. The minimum Gasteiger partial charge on any atom is -0.352 e. The number of hydrogen-bond donors (Lipinski definition) is 1. The van der Waals surface area contributed by atoms with Crippen molar-refractivity contribution in [3.8, 4) is 0 Å². The molecule has 2 amide bonds. The molecule has 1 aliphatic rings. The predicted molar refractivity (Wildman–Crippen MR) is 102 cm³/mol. The van der Waals surface area contributed by atoms with E-state index in [0.29, 0.717) is 25.1 Å². The molecule has 0 saturated carbocycles. The second kappa shape index (κ2) is 8.82. The highest BCUT2D eigenvalue weighted by Crippen LogP contribution is 2.33. The third kappa shape index (κ3) is 5.06. The van der Waals surface area contributed by atoms with Crippen LogP contribution in [0.25, 0.3) is 0 Å². The SMILES string of the molecule is O=C(NC[C@@H]1CCCN(C(=O)c2ccccc2C(F)(F)F)C1)c1ccncc1Cl. The maximum Gasteiger partial charge on any atom is 0.417 e. The molecule has 1 fully saturated rings. The molecule has 1 aliphatic heterocycles. The fourth-order valence-electron chi connectivity index (χ4n) is 3.39. The molecule has 1 aromatic carbocycles. The summed E-state index contributed by atoms with van der Waals surface area (Å²) in [5, 5.41) is 3.01. The van der Waals surface area contributed by atoms with Gasteiger partial charge in [-0.1, -0.05) is 23.7 Å². The van der Waals surface area contributed by atoms with Crippen molar-refractivity contribution in [1.29, 1.82) is 0 Å². The van der Waals surface area contributed by atoms with Gasteiger partial charge in [-0.25, -0.2) is 0 Å². The van der Waals surface area contributed by atoms with Gasteiger partial charge < -0.3 is 10.2 Å². The molecule has 1 N–H and O–H groups in total. The fraction of sp³-hybridized carbons (Fsp3) is 0.350. The molecule has 1 aromatic heterocycles. The number of hydrogen-bond acceptors (Lipinski definition) is 3. The molecule has 0 bridgehead atoms. The van der Waals surface area contributed by atoms with E-state index in [4.69, 9.17) is 11.6 Å². The van der Waals surface area contributed by atoms with E-state index in [2.05, 4.69) is 10.3 Å². The summed E-state index contributed by atoms with van der Waals surface area (Å²) in [4.78, 5) is 30.2. The largest absolute Gasteiger partial charge is 0.417 e. The number of nitrogens with zero attached hydrogens (tertiary/aromatic N) is 2. The second-order valence-corrected chi connectivity index (χ2v) is 7.28. The van der Waals surface area contributed by atoms with Crippen molar-refractivity contribution in [3.05, 3.63) is 64.4 Å². The number of rotatable bonds is 4. The molecule has 154 valence electrons. The van der Waals surface area contributed by atoms with Crippen molar-refractivity contribution in [2.24, 2.45) is 5.92 Å². The Kier molecular flexibility index (Phi) is 6.42. The molecule has 0 unspecified atom stereocenters.